The van der Waals surface area contributed by atoms with Crippen LogP contribution in [0.15, 0.2) is 65.8 Å². The van der Waals surface area contributed by atoms with Gasteiger partial charge in [-0.2, -0.15) is 0 Å². The van der Waals surface area contributed by atoms with Crippen LogP contribution in [0.4, 0.5) is 0 Å². The third-order valence-corrected chi connectivity index (χ3v) is 5.72. The highest BCUT2D eigenvalue weighted by molar-refractivity contribution is 5.93. The fraction of sp³-hybridized carbons (Fsp3) is 0.320. The highest BCUT2D eigenvalue weighted by atomic mass is 16.6. The lowest BCUT2D eigenvalue weighted by Gasteiger charge is -2.25. The Balaban J connectivity index is 1.59. The lowest BCUT2D eigenvalue weighted by atomic mass is 9.85. The molecule has 1 saturated heterocycles. The Kier molecular flexibility index (Phi) is 5.63. The van der Waals surface area contributed by atoms with E-state index in [-0.39, 0.29) is 18.1 Å². The van der Waals surface area contributed by atoms with Crippen molar-refractivity contribution in [2.75, 3.05) is 0 Å². The molecule has 0 aromatic heterocycles. The number of fused-ring (bicyclic) bond motifs is 2. The second-order valence-electron chi connectivity index (χ2n) is 8.20. The van der Waals surface area contributed by atoms with Gasteiger partial charge >= 0.3 is 17.9 Å². The molecular weight excluding hydrogens is 396 g/mol. The van der Waals surface area contributed by atoms with E-state index in [2.05, 4.69) is 6.58 Å². The Morgan fingerprint density at radius 1 is 1.06 bits per heavy atom. The maximum atomic E-state index is 12.6. The van der Waals surface area contributed by atoms with Gasteiger partial charge in [-0.3, -0.25) is 0 Å². The number of carbonyl (C=O) groups excluding carboxylic acids is 3. The third kappa shape index (κ3) is 4.53. The molecule has 1 aliphatic carbocycles. The van der Waals surface area contributed by atoms with Crippen molar-refractivity contribution in [2.24, 2.45) is 5.92 Å². The van der Waals surface area contributed by atoms with Gasteiger partial charge < -0.3 is 14.2 Å². The van der Waals surface area contributed by atoms with E-state index < -0.39 is 36.0 Å². The average Bonchev–Trinajstić information content (AvgIpc) is 3.18. The molecule has 0 amide bonds. The van der Waals surface area contributed by atoms with Crippen LogP contribution in [-0.4, -0.2) is 36.2 Å². The number of aryl methyl sites for hydroxylation is 1. The summed E-state index contributed by atoms with van der Waals surface area (Å²) in [6.07, 6.45) is 5.54. The molecule has 3 aliphatic rings. The average molecular weight is 420 g/mol. The Morgan fingerprint density at radius 2 is 1.81 bits per heavy atom. The molecule has 6 nitrogen and oxygen atoms in total. The first-order valence-electron chi connectivity index (χ1n) is 10.2. The number of carbonyl (C=O) groups is 3. The summed E-state index contributed by atoms with van der Waals surface area (Å²) >= 11 is 0. The van der Waals surface area contributed by atoms with Crippen molar-refractivity contribution >= 4 is 24.0 Å². The topological polar surface area (TPSA) is 78.9 Å². The van der Waals surface area contributed by atoms with Crippen LogP contribution in [0, 0.1) is 12.8 Å². The molecule has 4 atom stereocenters. The van der Waals surface area contributed by atoms with Gasteiger partial charge in [0.15, 0.2) is 0 Å². The minimum Gasteiger partial charge on any atom is -0.458 e. The van der Waals surface area contributed by atoms with E-state index in [1.165, 1.54) is 6.08 Å². The van der Waals surface area contributed by atoms with Gasteiger partial charge in [0.2, 0.25) is 0 Å². The lowest BCUT2D eigenvalue weighted by Crippen LogP contribution is -2.32. The van der Waals surface area contributed by atoms with Crippen LogP contribution in [0.3, 0.4) is 0 Å². The number of benzene rings is 1. The molecule has 31 heavy (non-hydrogen) atoms. The molecular formula is C25H24O6. The van der Waals surface area contributed by atoms with Crippen LogP contribution >= 0.6 is 0 Å². The summed E-state index contributed by atoms with van der Waals surface area (Å²) in [5, 5.41) is 0. The Hall–Kier alpha value is -3.41. The molecule has 1 aromatic rings. The van der Waals surface area contributed by atoms with Crippen LogP contribution < -0.4 is 0 Å². The van der Waals surface area contributed by atoms with Crippen molar-refractivity contribution < 1.29 is 28.6 Å². The van der Waals surface area contributed by atoms with E-state index in [0.717, 1.165) is 16.7 Å². The summed E-state index contributed by atoms with van der Waals surface area (Å²) in [5.74, 6) is -2.06. The largest absolute Gasteiger partial charge is 0.458 e. The van der Waals surface area contributed by atoms with Crippen molar-refractivity contribution in [3.05, 3.63) is 76.9 Å². The predicted molar refractivity (Wildman–Crippen MR) is 114 cm³/mol. The minimum atomic E-state index is -0.743. The number of esters is 3. The molecule has 0 N–H and O–H groups in total. The van der Waals surface area contributed by atoms with Crippen LogP contribution in [0.2, 0.25) is 0 Å². The molecule has 0 spiro atoms. The summed E-state index contributed by atoms with van der Waals surface area (Å²) in [6.45, 7) is 7.73. The highest BCUT2D eigenvalue weighted by Gasteiger charge is 2.46. The Labute approximate surface area is 180 Å². The molecule has 2 heterocycles. The molecule has 1 aromatic carbocycles. The van der Waals surface area contributed by atoms with Gasteiger partial charge in [-0.25, -0.2) is 14.4 Å². The molecule has 0 radical (unpaired) electrons. The fourth-order valence-corrected chi connectivity index (χ4v) is 4.13. The molecule has 4 rings (SSSR count). The lowest BCUT2D eigenvalue weighted by molar-refractivity contribution is -0.145. The van der Waals surface area contributed by atoms with Gasteiger partial charge in [0.05, 0.1) is 5.92 Å². The zero-order valence-corrected chi connectivity index (χ0v) is 17.5. The van der Waals surface area contributed by atoms with Crippen LogP contribution in [0.1, 0.15) is 30.9 Å². The van der Waals surface area contributed by atoms with Crippen molar-refractivity contribution in [1.82, 2.24) is 0 Å². The summed E-state index contributed by atoms with van der Waals surface area (Å²) in [5.41, 5.74) is 3.59. The Morgan fingerprint density at radius 3 is 2.55 bits per heavy atom. The first kappa shape index (κ1) is 20.8. The molecule has 6 heteroatoms. The highest BCUT2D eigenvalue weighted by Crippen LogP contribution is 2.38. The fourth-order valence-electron chi connectivity index (χ4n) is 4.13. The second-order valence-corrected chi connectivity index (χ2v) is 8.20. The molecule has 1 fully saturated rings. The predicted octanol–water partition coefficient (Wildman–Crippen LogP) is 3.61. The number of hydrogen-bond acceptors (Lipinski definition) is 6. The normalized spacial score (nSPS) is 29.5. The van der Waals surface area contributed by atoms with Crippen molar-refractivity contribution in [1.29, 1.82) is 0 Å². The van der Waals surface area contributed by atoms with E-state index in [0.29, 0.717) is 12.0 Å². The minimum absolute atomic E-state index is 0.199. The van der Waals surface area contributed by atoms with Crippen LogP contribution in [0.25, 0.3) is 6.08 Å². The molecule has 2 aliphatic heterocycles. The van der Waals surface area contributed by atoms with Gasteiger partial charge in [0.1, 0.15) is 18.3 Å². The van der Waals surface area contributed by atoms with Gasteiger partial charge in [0.25, 0.3) is 0 Å². The van der Waals surface area contributed by atoms with Gasteiger partial charge in [-0.15, -0.1) is 0 Å². The van der Waals surface area contributed by atoms with Crippen molar-refractivity contribution in [3.8, 4) is 0 Å². The summed E-state index contributed by atoms with van der Waals surface area (Å²) in [6, 6.07) is 7.74. The van der Waals surface area contributed by atoms with E-state index in [1.54, 1.807) is 18.2 Å². The first-order chi connectivity index (χ1) is 14.8. The third-order valence-electron chi connectivity index (χ3n) is 5.72. The zero-order chi connectivity index (χ0) is 22.1. The maximum Gasteiger partial charge on any atom is 0.334 e. The van der Waals surface area contributed by atoms with Gasteiger partial charge in [0, 0.05) is 30.1 Å². The van der Waals surface area contributed by atoms with Gasteiger partial charge in [-0.05, 0) is 37.6 Å². The molecule has 2 unspecified atom stereocenters. The molecule has 0 saturated carbocycles. The van der Waals surface area contributed by atoms with Crippen molar-refractivity contribution in [3.63, 3.8) is 0 Å². The zero-order valence-electron chi connectivity index (χ0n) is 17.5. The summed E-state index contributed by atoms with van der Waals surface area (Å²) in [7, 11) is 0. The Bertz CT molecular complexity index is 1030. The van der Waals surface area contributed by atoms with Gasteiger partial charge in [-0.1, -0.05) is 42.0 Å². The van der Waals surface area contributed by atoms with E-state index in [9.17, 15) is 14.4 Å². The first-order valence-corrected chi connectivity index (χ1v) is 10.2. The summed E-state index contributed by atoms with van der Waals surface area (Å²) < 4.78 is 16.6. The quantitative estimate of drug-likeness (QED) is 0.322. The second kappa shape index (κ2) is 8.38. The monoisotopic (exact) mass is 420 g/mol. The molecule has 160 valence electrons. The SMILES string of the molecule is C=C1C(=O)OC2CC3=C[C@@H](C/C(C)=C/C(OC(=O)/C=C/c4ccc(C)cc4)[C@H]12)OC3=O. The smallest absolute Gasteiger partial charge is 0.334 e. The van der Waals surface area contributed by atoms with Crippen LogP contribution in [0.5, 0.6) is 0 Å². The number of hydrogen-bond donors (Lipinski definition) is 0. The van der Waals surface area contributed by atoms with E-state index in [1.807, 2.05) is 38.1 Å². The maximum absolute atomic E-state index is 12.6. The number of ether oxygens (including phenoxy) is 3. The van der Waals surface area contributed by atoms with E-state index in [4.69, 9.17) is 14.2 Å². The van der Waals surface area contributed by atoms with E-state index >= 15 is 0 Å². The standard InChI is InChI=1S/C25H24O6/c1-14-4-6-17(7-5-14)8-9-22(26)30-20-11-15(2)10-19-12-18(25(28)29-19)13-21-23(20)16(3)24(27)31-21/h4-9,11-12,19-21,23H,3,10,13H2,1-2H3/b9-8+,15-11+/t19-,20?,21?,23+/m1/s1. The van der Waals surface area contributed by atoms with Crippen molar-refractivity contribution in [2.45, 2.75) is 45.0 Å². The number of rotatable bonds is 3. The van der Waals surface area contributed by atoms with Crippen LogP contribution in [-0.2, 0) is 28.6 Å². The molecule has 2 bridgehead atoms. The summed E-state index contributed by atoms with van der Waals surface area (Å²) in [4.78, 5) is 37.0.